The van der Waals surface area contributed by atoms with Gasteiger partial charge in [-0.15, -0.1) is 11.3 Å². The Balaban J connectivity index is 2.84. The van der Waals surface area contributed by atoms with Crippen molar-refractivity contribution in [3.8, 4) is 0 Å². The first-order chi connectivity index (χ1) is 8.47. The zero-order valence-electron chi connectivity index (χ0n) is 11.5. The molecule has 1 aromatic heterocycles. The third kappa shape index (κ3) is 4.07. The molecule has 0 fully saturated rings. The Morgan fingerprint density at radius 3 is 2.67 bits per heavy atom. The summed E-state index contributed by atoms with van der Waals surface area (Å²) < 4.78 is 0. The van der Waals surface area contributed by atoms with Crippen LogP contribution in [0.25, 0.3) is 0 Å². The van der Waals surface area contributed by atoms with Crippen molar-refractivity contribution in [1.29, 1.82) is 0 Å². The Labute approximate surface area is 112 Å². The van der Waals surface area contributed by atoms with Gasteiger partial charge in [-0.2, -0.15) is 0 Å². The van der Waals surface area contributed by atoms with Gasteiger partial charge in [-0.25, -0.2) is 4.98 Å². The molecular formula is C13H22N2O2S. The Morgan fingerprint density at radius 1 is 1.50 bits per heavy atom. The fraction of sp³-hybridized carbons (Fsp3) is 0.692. The molecule has 0 spiro atoms. The van der Waals surface area contributed by atoms with Crippen LogP contribution in [0.3, 0.4) is 0 Å². The Morgan fingerprint density at radius 2 is 2.17 bits per heavy atom. The molecule has 102 valence electrons. The van der Waals surface area contributed by atoms with Crippen LogP contribution < -0.4 is 5.32 Å². The van der Waals surface area contributed by atoms with E-state index in [1.54, 1.807) is 0 Å². The van der Waals surface area contributed by atoms with Crippen LogP contribution in [0, 0.1) is 12.8 Å². The molecule has 5 heteroatoms. The van der Waals surface area contributed by atoms with Crippen LogP contribution in [0.5, 0.6) is 0 Å². The number of nitrogens with zero attached hydrogens (tertiary/aromatic N) is 1. The van der Waals surface area contributed by atoms with Crippen molar-refractivity contribution in [2.75, 3.05) is 6.61 Å². The van der Waals surface area contributed by atoms with E-state index in [2.05, 4.69) is 24.1 Å². The number of thiazole rings is 1. The van der Waals surface area contributed by atoms with E-state index in [4.69, 9.17) is 5.11 Å². The van der Waals surface area contributed by atoms with Gasteiger partial charge in [0.25, 0.3) is 5.91 Å². The van der Waals surface area contributed by atoms with Crippen LogP contribution in [0.1, 0.15) is 47.6 Å². The summed E-state index contributed by atoms with van der Waals surface area (Å²) in [6.07, 6.45) is 1.53. The predicted molar refractivity (Wildman–Crippen MR) is 74.0 cm³/mol. The SMILES string of the molecule is CC[C@H](CO)NC(=O)c1sc(C)nc1CC(C)C. The summed E-state index contributed by atoms with van der Waals surface area (Å²) >= 11 is 1.42. The summed E-state index contributed by atoms with van der Waals surface area (Å²) in [4.78, 5) is 17.3. The van der Waals surface area contributed by atoms with E-state index in [0.29, 0.717) is 10.8 Å². The zero-order chi connectivity index (χ0) is 13.7. The lowest BCUT2D eigenvalue weighted by atomic mass is 10.1. The molecule has 18 heavy (non-hydrogen) atoms. The molecule has 0 aliphatic heterocycles. The molecule has 1 heterocycles. The van der Waals surface area contributed by atoms with Crippen LogP contribution in [0.15, 0.2) is 0 Å². The van der Waals surface area contributed by atoms with Gasteiger partial charge in [0.15, 0.2) is 0 Å². The van der Waals surface area contributed by atoms with E-state index in [1.165, 1.54) is 11.3 Å². The molecular weight excluding hydrogens is 248 g/mol. The highest BCUT2D eigenvalue weighted by Gasteiger charge is 2.19. The van der Waals surface area contributed by atoms with Gasteiger partial charge in [0.05, 0.1) is 23.4 Å². The van der Waals surface area contributed by atoms with E-state index < -0.39 is 0 Å². The summed E-state index contributed by atoms with van der Waals surface area (Å²) in [5.74, 6) is 0.356. The molecule has 1 amide bonds. The Hall–Kier alpha value is -0.940. The number of rotatable bonds is 6. The molecule has 1 rings (SSSR count). The molecule has 1 atom stereocenters. The first-order valence-electron chi connectivity index (χ1n) is 6.35. The van der Waals surface area contributed by atoms with Gasteiger partial charge < -0.3 is 10.4 Å². The van der Waals surface area contributed by atoms with Crippen LogP contribution in [0.2, 0.25) is 0 Å². The van der Waals surface area contributed by atoms with E-state index in [9.17, 15) is 4.79 Å². The topological polar surface area (TPSA) is 62.2 Å². The predicted octanol–water partition coefficient (Wildman–Crippen LogP) is 2.15. The van der Waals surface area contributed by atoms with Crippen molar-refractivity contribution in [2.45, 2.75) is 46.6 Å². The van der Waals surface area contributed by atoms with Crippen LogP contribution >= 0.6 is 11.3 Å². The van der Waals surface area contributed by atoms with Crippen molar-refractivity contribution in [2.24, 2.45) is 5.92 Å². The Kier molecular flexibility index (Phi) is 5.75. The van der Waals surface area contributed by atoms with Crippen LogP contribution in [-0.4, -0.2) is 28.6 Å². The van der Waals surface area contributed by atoms with E-state index >= 15 is 0 Å². The van der Waals surface area contributed by atoms with Gasteiger partial charge in [0.1, 0.15) is 4.88 Å². The monoisotopic (exact) mass is 270 g/mol. The van der Waals surface area contributed by atoms with Crippen molar-refractivity contribution in [3.05, 3.63) is 15.6 Å². The molecule has 1 aromatic rings. The fourth-order valence-corrected chi connectivity index (χ4v) is 2.55. The minimum atomic E-state index is -0.174. The van der Waals surface area contributed by atoms with Gasteiger partial charge >= 0.3 is 0 Å². The molecule has 2 N–H and O–H groups in total. The number of nitrogens with one attached hydrogen (secondary N) is 1. The summed E-state index contributed by atoms with van der Waals surface area (Å²) in [7, 11) is 0. The largest absolute Gasteiger partial charge is 0.394 e. The molecule has 0 aromatic carbocycles. The molecule has 0 aliphatic rings. The number of aromatic nitrogens is 1. The van der Waals surface area contributed by atoms with Gasteiger partial charge in [0, 0.05) is 0 Å². The fourth-order valence-electron chi connectivity index (χ4n) is 1.70. The smallest absolute Gasteiger partial charge is 0.263 e. The first kappa shape index (κ1) is 15.1. The summed E-state index contributed by atoms with van der Waals surface area (Å²) in [6, 6.07) is -0.174. The molecule has 0 saturated heterocycles. The zero-order valence-corrected chi connectivity index (χ0v) is 12.3. The number of hydrogen-bond donors (Lipinski definition) is 2. The molecule has 0 bridgehead atoms. The molecule has 0 unspecified atom stereocenters. The maximum atomic E-state index is 12.1. The second-order valence-electron chi connectivity index (χ2n) is 4.87. The van der Waals surface area contributed by atoms with Crippen molar-refractivity contribution in [3.63, 3.8) is 0 Å². The summed E-state index contributed by atoms with van der Waals surface area (Å²) in [5.41, 5.74) is 0.873. The summed E-state index contributed by atoms with van der Waals surface area (Å²) in [5, 5.41) is 12.9. The second kappa shape index (κ2) is 6.85. The quantitative estimate of drug-likeness (QED) is 0.832. The highest BCUT2D eigenvalue weighted by molar-refractivity contribution is 7.13. The third-order valence-corrected chi connectivity index (χ3v) is 3.67. The number of carbonyl (C=O) groups is 1. The van der Waals surface area contributed by atoms with Gasteiger partial charge in [-0.1, -0.05) is 20.8 Å². The highest BCUT2D eigenvalue weighted by atomic mass is 32.1. The summed E-state index contributed by atoms with van der Waals surface area (Å²) in [6.45, 7) is 8.04. The second-order valence-corrected chi connectivity index (χ2v) is 6.07. The Bertz CT molecular complexity index is 398. The molecule has 0 radical (unpaired) electrons. The average molecular weight is 270 g/mol. The maximum absolute atomic E-state index is 12.1. The van der Waals surface area contributed by atoms with E-state index in [1.807, 2.05) is 13.8 Å². The molecule has 0 aliphatic carbocycles. The van der Waals surface area contributed by atoms with E-state index in [-0.39, 0.29) is 18.6 Å². The van der Waals surface area contributed by atoms with Crippen molar-refractivity contribution >= 4 is 17.2 Å². The van der Waals surface area contributed by atoms with Crippen LogP contribution in [0.4, 0.5) is 0 Å². The lowest BCUT2D eigenvalue weighted by Gasteiger charge is -2.13. The van der Waals surface area contributed by atoms with Crippen molar-refractivity contribution < 1.29 is 9.90 Å². The van der Waals surface area contributed by atoms with Crippen LogP contribution in [-0.2, 0) is 6.42 Å². The number of aliphatic hydroxyl groups is 1. The number of carbonyl (C=O) groups excluding carboxylic acids is 1. The first-order valence-corrected chi connectivity index (χ1v) is 7.17. The standard InChI is InChI=1S/C13H22N2O2S/c1-5-10(7-16)15-13(17)12-11(6-8(2)3)14-9(4)18-12/h8,10,16H,5-7H2,1-4H3,(H,15,17)/t10-/m1/s1. The lowest BCUT2D eigenvalue weighted by Crippen LogP contribution is -2.37. The lowest BCUT2D eigenvalue weighted by molar-refractivity contribution is 0.0918. The minimum Gasteiger partial charge on any atom is -0.394 e. The van der Waals surface area contributed by atoms with E-state index in [0.717, 1.165) is 23.5 Å². The third-order valence-electron chi connectivity index (χ3n) is 2.66. The number of amides is 1. The van der Waals surface area contributed by atoms with Crippen molar-refractivity contribution in [1.82, 2.24) is 10.3 Å². The molecule has 0 saturated carbocycles. The van der Waals surface area contributed by atoms with Gasteiger partial charge in [-0.05, 0) is 25.7 Å². The average Bonchev–Trinajstić information content (AvgIpc) is 2.66. The number of aryl methyl sites for hydroxylation is 1. The molecule has 4 nitrogen and oxygen atoms in total. The maximum Gasteiger partial charge on any atom is 0.263 e. The highest BCUT2D eigenvalue weighted by Crippen LogP contribution is 2.21. The number of hydrogen-bond acceptors (Lipinski definition) is 4. The normalized spacial score (nSPS) is 12.8. The van der Waals surface area contributed by atoms with Gasteiger partial charge in [0.2, 0.25) is 0 Å². The number of aliphatic hydroxyl groups excluding tert-OH is 1. The van der Waals surface area contributed by atoms with Gasteiger partial charge in [-0.3, -0.25) is 4.79 Å². The minimum absolute atomic E-state index is 0.0282.